The summed E-state index contributed by atoms with van der Waals surface area (Å²) in [5.41, 5.74) is 5.75. The van der Waals surface area contributed by atoms with Crippen LogP contribution in [-0.4, -0.2) is 0 Å². The van der Waals surface area contributed by atoms with Gasteiger partial charge in [-0.3, -0.25) is 0 Å². The normalized spacial score (nSPS) is 9.56. The summed E-state index contributed by atoms with van der Waals surface area (Å²) in [6.45, 7) is 0. The Balaban J connectivity index is 3.17. The lowest BCUT2D eigenvalue weighted by molar-refractivity contribution is 0.627. The minimum atomic E-state index is -0.337. The van der Waals surface area contributed by atoms with Gasteiger partial charge in [0.15, 0.2) is 0 Å². The van der Waals surface area contributed by atoms with E-state index in [0.29, 0.717) is 10.2 Å². The van der Waals surface area contributed by atoms with Crippen molar-refractivity contribution in [2.75, 3.05) is 5.73 Å². The number of anilines is 1. The van der Waals surface area contributed by atoms with Crippen LogP contribution in [0.5, 0.6) is 0 Å². The van der Waals surface area contributed by atoms with Gasteiger partial charge in [0.1, 0.15) is 5.82 Å². The van der Waals surface area contributed by atoms with Gasteiger partial charge in [-0.15, -0.1) is 0 Å². The molecule has 0 aliphatic carbocycles. The van der Waals surface area contributed by atoms with E-state index in [2.05, 4.69) is 22.0 Å². The highest BCUT2D eigenvalue weighted by molar-refractivity contribution is 9.10. The molecule has 0 unspecified atom stereocenters. The first-order chi connectivity index (χ1) is 4.20. The maximum atomic E-state index is 12.2. The van der Waals surface area contributed by atoms with Crippen LogP contribution in [0.4, 0.5) is 10.1 Å². The summed E-state index contributed by atoms with van der Waals surface area (Å²) in [4.78, 5) is 0. The molecule has 1 radical (unpaired) electrons. The molecule has 0 amide bonds. The molecular weight excluding hydrogens is 185 g/mol. The largest absolute Gasteiger partial charge is 0.397 e. The second-order valence-electron chi connectivity index (χ2n) is 1.58. The van der Waals surface area contributed by atoms with Crippen LogP contribution >= 0.6 is 15.9 Å². The first kappa shape index (κ1) is 6.55. The first-order valence-corrected chi connectivity index (χ1v) is 3.11. The van der Waals surface area contributed by atoms with Crippen molar-refractivity contribution in [3.8, 4) is 0 Å². The Bertz CT molecular complexity index is 224. The van der Waals surface area contributed by atoms with Crippen LogP contribution in [0, 0.1) is 11.9 Å². The zero-order valence-electron chi connectivity index (χ0n) is 4.49. The molecule has 1 aromatic rings. The van der Waals surface area contributed by atoms with E-state index < -0.39 is 0 Å². The van der Waals surface area contributed by atoms with Crippen LogP contribution in [0.1, 0.15) is 0 Å². The number of hydrogen-bond acceptors (Lipinski definition) is 1. The predicted octanol–water partition coefficient (Wildman–Crippen LogP) is 1.97. The number of nitrogen functional groups attached to an aromatic ring is 1. The Morgan fingerprint density at radius 2 is 2.33 bits per heavy atom. The third-order valence-corrected chi connectivity index (χ3v) is 1.54. The van der Waals surface area contributed by atoms with E-state index in [1.807, 2.05) is 0 Å². The van der Waals surface area contributed by atoms with E-state index >= 15 is 0 Å². The average molecular weight is 189 g/mol. The van der Waals surface area contributed by atoms with Crippen LogP contribution in [0.3, 0.4) is 0 Å². The summed E-state index contributed by atoms with van der Waals surface area (Å²) in [5, 5.41) is 0. The monoisotopic (exact) mass is 188 g/mol. The molecule has 0 aliphatic heterocycles. The van der Waals surface area contributed by atoms with E-state index in [1.54, 1.807) is 0 Å². The molecule has 1 nitrogen and oxygen atoms in total. The van der Waals surface area contributed by atoms with E-state index in [4.69, 9.17) is 5.73 Å². The number of hydrogen-bond donors (Lipinski definition) is 1. The van der Waals surface area contributed by atoms with Crippen molar-refractivity contribution in [3.63, 3.8) is 0 Å². The minimum absolute atomic E-state index is 0.337. The topological polar surface area (TPSA) is 26.0 Å². The molecule has 0 aliphatic rings. The summed E-state index contributed by atoms with van der Waals surface area (Å²) in [6.07, 6.45) is 0. The molecule has 0 atom stereocenters. The van der Waals surface area contributed by atoms with Gasteiger partial charge >= 0.3 is 0 Å². The summed E-state index contributed by atoms with van der Waals surface area (Å²) >= 11 is 3.05. The lowest BCUT2D eigenvalue weighted by Gasteiger charge is -1.93. The lowest BCUT2D eigenvalue weighted by atomic mass is 10.3. The SMILES string of the molecule is Nc1[c]cc(F)cc1Br. The highest BCUT2D eigenvalue weighted by Gasteiger charge is 1.94. The fourth-order valence-corrected chi connectivity index (χ4v) is 0.789. The van der Waals surface area contributed by atoms with Crippen molar-refractivity contribution in [2.24, 2.45) is 0 Å². The summed E-state index contributed by atoms with van der Waals surface area (Å²) in [6, 6.07) is 5.02. The Hall–Kier alpha value is -0.570. The van der Waals surface area contributed by atoms with Gasteiger partial charge in [0, 0.05) is 10.5 Å². The van der Waals surface area contributed by atoms with Crippen LogP contribution in [0.25, 0.3) is 0 Å². The fourth-order valence-electron chi connectivity index (χ4n) is 0.456. The number of nitrogens with two attached hydrogens (primary N) is 1. The number of benzene rings is 1. The Morgan fingerprint density at radius 1 is 1.67 bits per heavy atom. The average Bonchev–Trinajstić information content (AvgIpc) is 1.80. The lowest BCUT2D eigenvalue weighted by Crippen LogP contribution is -1.86. The maximum Gasteiger partial charge on any atom is 0.125 e. The fraction of sp³-hybridized carbons (Fsp3) is 0. The van der Waals surface area contributed by atoms with Gasteiger partial charge in [-0.2, -0.15) is 0 Å². The van der Waals surface area contributed by atoms with Gasteiger partial charge < -0.3 is 5.73 Å². The molecule has 2 N–H and O–H groups in total. The van der Waals surface area contributed by atoms with Crippen molar-refractivity contribution in [1.82, 2.24) is 0 Å². The maximum absolute atomic E-state index is 12.2. The van der Waals surface area contributed by atoms with E-state index in [1.165, 1.54) is 12.1 Å². The zero-order chi connectivity index (χ0) is 6.85. The predicted molar refractivity (Wildman–Crippen MR) is 37.3 cm³/mol. The molecule has 0 saturated heterocycles. The van der Waals surface area contributed by atoms with Crippen molar-refractivity contribution >= 4 is 21.6 Å². The molecule has 0 saturated carbocycles. The van der Waals surface area contributed by atoms with Gasteiger partial charge in [-0.25, -0.2) is 4.39 Å². The second-order valence-corrected chi connectivity index (χ2v) is 2.43. The quantitative estimate of drug-likeness (QED) is 0.620. The molecule has 47 valence electrons. The summed E-state index contributed by atoms with van der Waals surface area (Å²) in [7, 11) is 0. The van der Waals surface area contributed by atoms with Crippen molar-refractivity contribution in [1.29, 1.82) is 0 Å². The molecule has 3 heteroatoms. The smallest absolute Gasteiger partial charge is 0.125 e. The van der Waals surface area contributed by atoms with Crippen LogP contribution in [0.2, 0.25) is 0 Å². The molecule has 0 fully saturated rings. The van der Waals surface area contributed by atoms with Crippen LogP contribution in [0.15, 0.2) is 16.6 Å². The second kappa shape index (κ2) is 2.35. The number of rotatable bonds is 0. The molecule has 0 bridgehead atoms. The molecule has 1 rings (SSSR count). The highest BCUT2D eigenvalue weighted by atomic mass is 79.9. The van der Waals surface area contributed by atoms with Gasteiger partial charge in [0.05, 0.1) is 5.69 Å². The molecular formula is C6H4BrFN. The summed E-state index contributed by atoms with van der Waals surface area (Å²) in [5.74, 6) is -0.337. The molecule has 9 heavy (non-hydrogen) atoms. The van der Waals surface area contributed by atoms with Crippen molar-refractivity contribution in [3.05, 3.63) is 28.5 Å². The van der Waals surface area contributed by atoms with Gasteiger partial charge in [-0.1, -0.05) is 0 Å². The third-order valence-electron chi connectivity index (χ3n) is 0.887. The van der Waals surface area contributed by atoms with E-state index in [0.717, 1.165) is 0 Å². The van der Waals surface area contributed by atoms with Crippen LogP contribution < -0.4 is 5.73 Å². The molecule has 1 aromatic carbocycles. The van der Waals surface area contributed by atoms with Gasteiger partial charge in [-0.05, 0) is 28.1 Å². The minimum Gasteiger partial charge on any atom is -0.397 e. The zero-order valence-corrected chi connectivity index (χ0v) is 6.07. The molecule has 0 aromatic heterocycles. The van der Waals surface area contributed by atoms with Gasteiger partial charge in [0.2, 0.25) is 0 Å². The van der Waals surface area contributed by atoms with Crippen molar-refractivity contribution < 1.29 is 4.39 Å². The first-order valence-electron chi connectivity index (χ1n) is 2.32. The van der Waals surface area contributed by atoms with Crippen LogP contribution in [-0.2, 0) is 0 Å². The highest BCUT2D eigenvalue weighted by Crippen LogP contribution is 2.18. The van der Waals surface area contributed by atoms with Crippen molar-refractivity contribution in [2.45, 2.75) is 0 Å². The van der Waals surface area contributed by atoms with E-state index in [-0.39, 0.29) is 5.82 Å². The Kier molecular flexibility index (Phi) is 1.71. The molecule has 0 heterocycles. The van der Waals surface area contributed by atoms with E-state index in [9.17, 15) is 4.39 Å². The Labute approximate surface area is 60.8 Å². The molecule has 0 spiro atoms. The third kappa shape index (κ3) is 1.42. The standard InChI is InChI=1S/C6H4BrFN/c7-5-3-4(8)1-2-6(5)9/h1,3H,9H2. The summed E-state index contributed by atoms with van der Waals surface area (Å²) < 4.78 is 12.8. The number of halogens is 2. The van der Waals surface area contributed by atoms with Gasteiger partial charge in [0.25, 0.3) is 0 Å². The Morgan fingerprint density at radius 3 is 2.78 bits per heavy atom.